The van der Waals surface area contributed by atoms with Crippen molar-refractivity contribution in [3.8, 4) is 0 Å². The fraction of sp³-hybridized carbons (Fsp3) is 0.0909. The molecule has 1 aromatic heterocycles. The lowest BCUT2D eigenvalue weighted by atomic mass is 10.2. The summed E-state index contributed by atoms with van der Waals surface area (Å²) in [4.78, 5) is 0.151. The first-order valence-electron chi connectivity index (χ1n) is 4.86. The van der Waals surface area contributed by atoms with Crippen LogP contribution in [0.5, 0.6) is 0 Å². The van der Waals surface area contributed by atoms with Crippen molar-refractivity contribution in [3.05, 3.63) is 35.0 Å². The van der Waals surface area contributed by atoms with Crippen LogP contribution in [-0.2, 0) is 9.84 Å². The summed E-state index contributed by atoms with van der Waals surface area (Å²) in [5.74, 6) is 0. The van der Waals surface area contributed by atoms with E-state index in [0.717, 1.165) is 11.9 Å². The van der Waals surface area contributed by atoms with E-state index in [0.29, 0.717) is 5.69 Å². The molecule has 17 heavy (non-hydrogen) atoms. The first-order valence-corrected chi connectivity index (χ1v) is 7.69. The van der Waals surface area contributed by atoms with Crippen LogP contribution in [0.4, 0.5) is 17.1 Å². The van der Waals surface area contributed by atoms with E-state index in [9.17, 15) is 8.42 Å². The molecule has 2 rings (SSSR count). The number of hydrogen-bond donors (Lipinski definition) is 2. The second-order valence-corrected chi connectivity index (χ2v) is 6.39. The smallest absolute Gasteiger partial charge is 0.177 e. The van der Waals surface area contributed by atoms with Gasteiger partial charge in [0.2, 0.25) is 0 Å². The van der Waals surface area contributed by atoms with Gasteiger partial charge in [0.15, 0.2) is 9.84 Å². The number of sulfone groups is 1. The van der Waals surface area contributed by atoms with E-state index in [4.69, 9.17) is 5.73 Å². The van der Waals surface area contributed by atoms with E-state index >= 15 is 0 Å². The molecule has 0 aliphatic carbocycles. The van der Waals surface area contributed by atoms with Gasteiger partial charge in [-0.1, -0.05) is 6.07 Å². The molecule has 0 radical (unpaired) electrons. The molecule has 3 N–H and O–H groups in total. The predicted molar refractivity (Wildman–Crippen MR) is 71.6 cm³/mol. The molecule has 0 saturated heterocycles. The Kier molecular flexibility index (Phi) is 3.08. The van der Waals surface area contributed by atoms with E-state index in [1.54, 1.807) is 23.5 Å². The molecular weight excluding hydrogens is 256 g/mol. The van der Waals surface area contributed by atoms with E-state index < -0.39 is 9.84 Å². The summed E-state index contributed by atoms with van der Waals surface area (Å²) in [5, 5.41) is 6.94. The summed E-state index contributed by atoms with van der Waals surface area (Å²) in [7, 11) is -3.30. The number of anilines is 3. The van der Waals surface area contributed by atoms with Gasteiger partial charge in [0.1, 0.15) is 0 Å². The molecule has 0 aliphatic rings. The van der Waals surface area contributed by atoms with Crippen molar-refractivity contribution in [3.63, 3.8) is 0 Å². The van der Waals surface area contributed by atoms with Gasteiger partial charge in [0.05, 0.1) is 16.3 Å². The van der Waals surface area contributed by atoms with Crippen LogP contribution in [0.2, 0.25) is 0 Å². The molecule has 0 atom stereocenters. The summed E-state index contributed by atoms with van der Waals surface area (Å²) in [6.07, 6.45) is 1.15. The third-order valence-electron chi connectivity index (χ3n) is 2.27. The molecule has 0 amide bonds. The van der Waals surface area contributed by atoms with E-state index in [-0.39, 0.29) is 10.6 Å². The molecule has 2 aromatic rings. The Morgan fingerprint density at radius 2 is 2.06 bits per heavy atom. The van der Waals surface area contributed by atoms with Gasteiger partial charge in [0, 0.05) is 17.3 Å². The first kappa shape index (κ1) is 11.9. The fourth-order valence-corrected chi connectivity index (χ4v) is 2.89. The van der Waals surface area contributed by atoms with E-state index in [2.05, 4.69) is 5.32 Å². The second-order valence-electron chi connectivity index (χ2n) is 3.63. The zero-order valence-electron chi connectivity index (χ0n) is 9.17. The van der Waals surface area contributed by atoms with E-state index in [1.807, 2.05) is 16.8 Å². The summed E-state index contributed by atoms with van der Waals surface area (Å²) in [6.45, 7) is 0. The molecule has 90 valence electrons. The number of nitrogen functional groups attached to an aromatic ring is 1. The molecule has 1 aromatic carbocycles. The SMILES string of the molecule is CS(=O)(=O)c1cccc(Nc2ccsc2)c1N. The van der Waals surface area contributed by atoms with Gasteiger partial charge >= 0.3 is 0 Å². The average molecular weight is 268 g/mol. The Bertz CT molecular complexity index is 619. The van der Waals surface area contributed by atoms with Crippen LogP contribution < -0.4 is 11.1 Å². The fourth-order valence-electron chi connectivity index (χ4n) is 1.47. The summed E-state index contributed by atoms with van der Waals surface area (Å²) in [6, 6.07) is 6.82. The summed E-state index contributed by atoms with van der Waals surface area (Å²) in [5.41, 5.74) is 7.60. The highest BCUT2D eigenvalue weighted by molar-refractivity contribution is 7.90. The molecule has 0 spiro atoms. The molecule has 0 bridgehead atoms. The number of rotatable bonds is 3. The number of thiophene rings is 1. The first-order chi connectivity index (χ1) is 7.98. The average Bonchev–Trinajstić information content (AvgIpc) is 2.72. The Labute approximate surface area is 104 Å². The maximum Gasteiger partial charge on any atom is 0.177 e. The Morgan fingerprint density at radius 1 is 1.29 bits per heavy atom. The third-order valence-corrected chi connectivity index (χ3v) is 4.10. The number of nitrogens with two attached hydrogens (primary N) is 1. The highest BCUT2D eigenvalue weighted by Gasteiger charge is 2.14. The van der Waals surface area contributed by atoms with Crippen LogP contribution in [-0.4, -0.2) is 14.7 Å². The van der Waals surface area contributed by atoms with Crippen molar-refractivity contribution in [1.82, 2.24) is 0 Å². The highest BCUT2D eigenvalue weighted by atomic mass is 32.2. The molecule has 0 unspecified atom stereocenters. The normalized spacial score (nSPS) is 11.4. The standard InChI is InChI=1S/C11H12N2O2S2/c1-17(14,15)10-4-2-3-9(11(10)12)13-8-5-6-16-7-8/h2-7,13H,12H2,1H3. The van der Waals surface area contributed by atoms with Crippen molar-refractivity contribution in [2.75, 3.05) is 17.3 Å². The number of benzene rings is 1. The van der Waals surface area contributed by atoms with Gasteiger partial charge in [-0.25, -0.2) is 8.42 Å². The molecule has 0 aliphatic heterocycles. The summed E-state index contributed by atoms with van der Waals surface area (Å²) < 4.78 is 23.0. The zero-order chi connectivity index (χ0) is 12.5. The molecular formula is C11H12N2O2S2. The maximum absolute atomic E-state index is 11.5. The summed E-state index contributed by atoms with van der Waals surface area (Å²) >= 11 is 1.55. The number of para-hydroxylation sites is 1. The number of hydrogen-bond acceptors (Lipinski definition) is 5. The molecule has 6 heteroatoms. The van der Waals surface area contributed by atoms with Gasteiger partial charge in [-0.3, -0.25) is 0 Å². The van der Waals surface area contributed by atoms with Gasteiger partial charge in [-0.05, 0) is 23.6 Å². The van der Waals surface area contributed by atoms with Crippen LogP contribution in [0.25, 0.3) is 0 Å². The Morgan fingerprint density at radius 3 is 2.65 bits per heavy atom. The minimum Gasteiger partial charge on any atom is -0.396 e. The topological polar surface area (TPSA) is 72.2 Å². The van der Waals surface area contributed by atoms with Gasteiger partial charge in [-0.2, -0.15) is 11.3 Å². The van der Waals surface area contributed by atoms with Crippen LogP contribution in [0.3, 0.4) is 0 Å². The number of nitrogens with one attached hydrogen (secondary N) is 1. The lowest BCUT2D eigenvalue weighted by Gasteiger charge is -2.10. The maximum atomic E-state index is 11.5. The van der Waals surface area contributed by atoms with Gasteiger partial charge in [0.25, 0.3) is 0 Å². The Hall–Kier alpha value is -1.53. The van der Waals surface area contributed by atoms with Crippen LogP contribution in [0.1, 0.15) is 0 Å². The minimum absolute atomic E-state index is 0.151. The van der Waals surface area contributed by atoms with Crippen molar-refractivity contribution in [2.45, 2.75) is 4.90 Å². The van der Waals surface area contributed by atoms with Crippen molar-refractivity contribution >= 4 is 38.2 Å². The molecule has 1 heterocycles. The Balaban J connectivity index is 2.43. The second kappa shape index (κ2) is 4.38. The predicted octanol–water partition coefficient (Wildman–Crippen LogP) is 2.48. The third kappa shape index (κ3) is 2.59. The van der Waals surface area contributed by atoms with Crippen molar-refractivity contribution in [2.24, 2.45) is 0 Å². The zero-order valence-corrected chi connectivity index (χ0v) is 10.8. The largest absolute Gasteiger partial charge is 0.396 e. The van der Waals surface area contributed by atoms with Gasteiger partial charge in [-0.15, -0.1) is 0 Å². The van der Waals surface area contributed by atoms with Crippen molar-refractivity contribution < 1.29 is 8.42 Å². The highest BCUT2D eigenvalue weighted by Crippen LogP contribution is 2.29. The molecule has 0 fully saturated rings. The van der Waals surface area contributed by atoms with Crippen LogP contribution in [0, 0.1) is 0 Å². The monoisotopic (exact) mass is 268 g/mol. The lowest BCUT2D eigenvalue weighted by molar-refractivity contribution is 0.602. The van der Waals surface area contributed by atoms with Crippen LogP contribution in [0.15, 0.2) is 39.9 Å². The van der Waals surface area contributed by atoms with Crippen molar-refractivity contribution in [1.29, 1.82) is 0 Å². The lowest BCUT2D eigenvalue weighted by Crippen LogP contribution is -2.05. The quantitative estimate of drug-likeness (QED) is 0.839. The molecule has 0 saturated carbocycles. The van der Waals surface area contributed by atoms with E-state index in [1.165, 1.54) is 6.07 Å². The van der Waals surface area contributed by atoms with Crippen LogP contribution >= 0.6 is 11.3 Å². The van der Waals surface area contributed by atoms with Gasteiger partial charge < -0.3 is 11.1 Å². The molecule has 4 nitrogen and oxygen atoms in total. The minimum atomic E-state index is -3.30.